The SMILES string of the molecule is CCCCc1ccccc1C(CO)C(O)OC=O. The van der Waals surface area contributed by atoms with Gasteiger partial charge in [-0.2, -0.15) is 0 Å². The Morgan fingerprint density at radius 2 is 2.11 bits per heavy atom. The molecule has 2 atom stereocenters. The Balaban J connectivity index is 2.93. The van der Waals surface area contributed by atoms with Gasteiger partial charge in [0, 0.05) is 0 Å². The number of hydrogen-bond donors (Lipinski definition) is 2. The number of ether oxygens (including phenoxy) is 1. The van der Waals surface area contributed by atoms with Crippen molar-refractivity contribution in [3.8, 4) is 0 Å². The summed E-state index contributed by atoms with van der Waals surface area (Å²) in [5, 5.41) is 19.1. The summed E-state index contributed by atoms with van der Waals surface area (Å²) < 4.78 is 4.52. The van der Waals surface area contributed by atoms with Crippen LogP contribution in [-0.4, -0.2) is 29.6 Å². The third kappa shape index (κ3) is 3.82. The number of rotatable bonds is 8. The molecule has 0 saturated carbocycles. The molecular formula is C14H20O4. The molecule has 0 spiro atoms. The fourth-order valence-corrected chi connectivity index (χ4v) is 1.98. The second-order valence-electron chi connectivity index (χ2n) is 4.21. The molecule has 1 aromatic rings. The van der Waals surface area contributed by atoms with Gasteiger partial charge in [-0.3, -0.25) is 4.79 Å². The number of unbranched alkanes of at least 4 members (excludes halogenated alkanes) is 1. The first-order valence-electron chi connectivity index (χ1n) is 6.20. The summed E-state index contributed by atoms with van der Waals surface area (Å²) in [6, 6.07) is 7.60. The summed E-state index contributed by atoms with van der Waals surface area (Å²) in [6.07, 6.45) is 1.69. The highest BCUT2D eigenvalue weighted by atomic mass is 16.6. The number of aliphatic hydroxyl groups is 2. The van der Waals surface area contributed by atoms with Crippen molar-refractivity contribution < 1.29 is 19.7 Å². The topological polar surface area (TPSA) is 66.8 Å². The lowest BCUT2D eigenvalue weighted by Crippen LogP contribution is -2.25. The molecule has 0 saturated heterocycles. The second-order valence-corrected chi connectivity index (χ2v) is 4.21. The van der Waals surface area contributed by atoms with Crippen LogP contribution in [0.5, 0.6) is 0 Å². The molecule has 1 aromatic carbocycles. The van der Waals surface area contributed by atoms with Crippen LogP contribution in [-0.2, 0) is 16.0 Å². The fourth-order valence-electron chi connectivity index (χ4n) is 1.98. The minimum Gasteiger partial charge on any atom is -0.437 e. The highest BCUT2D eigenvalue weighted by Crippen LogP contribution is 2.25. The molecule has 0 aliphatic carbocycles. The standard InChI is InChI=1S/C14H20O4/c1-2-3-6-11-7-4-5-8-12(11)13(9-15)14(17)18-10-16/h4-5,7-8,10,13-15,17H,2-3,6,9H2,1H3. The molecule has 2 N–H and O–H groups in total. The third-order valence-electron chi connectivity index (χ3n) is 2.99. The Kier molecular flexibility index (Phi) is 6.39. The fraction of sp³-hybridized carbons (Fsp3) is 0.500. The van der Waals surface area contributed by atoms with E-state index in [0.29, 0.717) is 0 Å². The van der Waals surface area contributed by atoms with Crippen LogP contribution < -0.4 is 0 Å². The number of aliphatic hydroxyl groups excluding tert-OH is 2. The van der Waals surface area contributed by atoms with Crippen LogP contribution in [0.4, 0.5) is 0 Å². The molecule has 18 heavy (non-hydrogen) atoms. The van der Waals surface area contributed by atoms with E-state index in [4.69, 9.17) is 0 Å². The second kappa shape index (κ2) is 7.84. The van der Waals surface area contributed by atoms with Gasteiger partial charge in [-0.15, -0.1) is 0 Å². The summed E-state index contributed by atoms with van der Waals surface area (Å²) in [5.74, 6) is -0.594. The molecule has 0 aromatic heterocycles. The molecule has 4 heteroatoms. The highest BCUT2D eigenvalue weighted by Gasteiger charge is 2.23. The van der Waals surface area contributed by atoms with Crippen molar-refractivity contribution in [2.75, 3.05) is 6.61 Å². The number of carbonyl (C=O) groups is 1. The van der Waals surface area contributed by atoms with Crippen LogP contribution in [0, 0.1) is 0 Å². The zero-order valence-corrected chi connectivity index (χ0v) is 10.6. The van der Waals surface area contributed by atoms with Crippen LogP contribution in [0.15, 0.2) is 24.3 Å². The molecule has 0 radical (unpaired) electrons. The maximum absolute atomic E-state index is 10.3. The summed E-state index contributed by atoms with van der Waals surface area (Å²) in [4.78, 5) is 10.3. The van der Waals surface area contributed by atoms with Crippen molar-refractivity contribution >= 4 is 6.47 Å². The molecule has 0 amide bonds. The van der Waals surface area contributed by atoms with E-state index in [1.807, 2.05) is 24.3 Å². The number of carbonyl (C=O) groups excluding carboxylic acids is 1. The quantitative estimate of drug-likeness (QED) is 0.544. The van der Waals surface area contributed by atoms with E-state index in [9.17, 15) is 15.0 Å². The van der Waals surface area contributed by atoms with Gasteiger partial charge in [0.05, 0.1) is 12.5 Å². The summed E-state index contributed by atoms with van der Waals surface area (Å²) >= 11 is 0. The number of benzene rings is 1. The van der Waals surface area contributed by atoms with Gasteiger partial charge >= 0.3 is 0 Å². The molecule has 2 unspecified atom stereocenters. The van der Waals surface area contributed by atoms with Gasteiger partial charge in [0.1, 0.15) is 0 Å². The zero-order valence-electron chi connectivity index (χ0n) is 10.6. The van der Waals surface area contributed by atoms with Gasteiger partial charge in [-0.05, 0) is 24.0 Å². The maximum atomic E-state index is 10.3. The maximum Gasteiger partial charge on any atom is 0.295 e. The van der Waals surface area contributed by atoms with E-state index < -0.39 is 12.2 Å². The van der Waals surface area contributed by atoms with Crippen LogP contribution in [0.3, 0.4) is 0 Å². The van der Waals surface area contributed by atoms with Crippen LogP contribution >= 0.6 is 0 Å². The van der Waals surface area contributed by atoms with Crippen LogP contribution in [0.1, 0.15) is 36.8 Å². The van der Waals surface area contributed by atoms with Crippen molar-refractivity contribution in [1.82, 2.24) is 0 Å². The molecule has 0 aliphatic rings. The summed E-state index contributed by atoms with van der Waals surface area (Å²) in [5.41, 5.74) is 1.91. The van der Waals surface area contributed by atoms with Gasteiger partial charge in [-0.1, -0.05) is 37.6 Å². The van der Waals surface area contributed by atoms with Gasteiger partial charge < -0.3 is 14.9 Å². The lowest BCUT2D eigenvalue weighted by Gasteiger charge is -2.22. The first-order chi connectivity index (χ1) is 8.74. The molecule has 1 rings (SSSR count). The Morgan fingerprint density at radius 1 is 1.39 bits per heavy atom. The average Bonchev–Trinajstić information content (AvgIpc) is 2.39. The first-order valence-corrected chi connectivity index (χ1v) is 6.20. The largest absolute Gasteiger partial charge is 0.437 e. The lowest BCUT2D eigenvalue weighted by atomic mass is 9.91. The van der Waals surface area contributed by atoms with E-state index in [-0.39, 0.29) is 13.1 Å². The Morgan fingerprint density at radius 3 is 2.72 bits per heavy atom. The van der Waals surface area contributed by atoms with Crippen LogP contribution in [0.25, 0.3) is 0 Å². The molecule has 0 aliphatic heterocycles. The number of hydrogen-bond acceptors (Lipinski definition) is 4. The molecule has 0 heterocycles. The van der Waals surface area contributed by atoms with Crippen molar-refractivity contribution in [3.05, 3.63) is 35.4 Å². The molecular weight excluding hydrogens is 232 g/mol. The van der Waals surface area contributed by atoms with E-state index in [2.05, 4.69) is 11.7 Å². The van der Waals surface area contributed by atoms with Gasteiger partial charge in [-0.25, -0.2) is 0 Å². The van der Waals surface area contributed by atoms with E-state index in [1.54, 1.807) is 0 Å². The Bertz CT molecular complexity index is 365. The molecule has 100 valence electrons. The minimum absolute atomic E-state index is 0.196. The predicted octanol–water partition coefficient (Wildman–Crippen LogP) is 1.60. The van der Waals surface area contributed by atoms with E-state index in [0.717, 1.165) is 30.4 Å². The minimum atomic E-state index is -1.31. The summed E-state index contributed by atoms with van der Waals surface area (Å²) in [7, 11) is 0. The third-order valence-corrected chi connectivity index (χ3v) is 2.99. The molecule has 0 fully saturated rings. The molecule has 0 bridgehead atoms. The van der Waals surface area contributed by atoms with Crippen molar-refractivity contribution in [2.45, 2.75) is 38.4 Å². The van der Waals surface area contributed by atoms with E-state index >= 15 is 0 Å². The average molecular weight is 252 g/mol. The van der Waals surface area contributed by atoms with Gasteiger partial charge in [0.25, 0.3) is 6.47 Å². The number of aryl methyl sites for hydroxylation is 1. The smallest absolute Gasteiger partial charge is 0.295 e. The Hall–Kier alpha value is -1.39. The monoisotopic (exact) mass is 252 g/mol. The van der Waals surface area contributed by atoms with Crippen molar-refractivity contribution in [3.63, 3.8) is 0 Å². The highest BCUT2D eigenvalue weighted by molar-refractivity contribution is 5.38. The summed E-state index contributed by atoms with van der Waals surface area (Å²) in [6.45, 7) is 2.04. The zero-order chi connectivity index (χ0) is 13.4. The van der Waals surface area contributed by atoms with E-state index in [1.165, 1.54) is 0 Å². The van der Waals surface area contributed by atoms with Gasteiger partial charge in [0.2, 0.25) is 6.29 Å². The van der Waals surface area contributed by atoms with Crippen LogP contribution in [0.2, 0.25) is 0 Å². The Labute approximate surface area is 107 Å². The lowest BCUT2D eigenvalue weighted by molar-refractivity contribution is -0.157. The van der Waals surface area contributed by atoms with Crippen molar-refractivity contribution in [1.29, 1.82) is 0 Å². The van der Waals surface area contributed by atoms with Gasteiger partial charge in [0.15, 0.2) is 0 Å². The molecule has 4 nitrogen and oxygen atoms in total. The first kappa shape index (κ1) is 14.7. The van der Waals surface area contributed by atoms with Crippen molar-refractivity contribution in [2.24, 2.45) is 0 Å². The predicted molar refractivity (Wildman–Crippen MR) is 68.0 cm³/mol. The normalized spacial score (nSPS) is 13.9.